The third-order valence-corrected chi connectivity index (χ3v) is 15.2. The van der Waals surface area contributed by atoms with Crippen LogP contribution in [0, 0.1) is 0 Å². The van der Waals surface area contributed by atoms with E-state index in [4.69, 9.17) is 0 Å². The second-order valence-electron chi connectivity index (χ2n) is 22.4. The Hall–Kier alpha value is -1.17. The summed E-state index contributed by atoms with van der Waals surface area (Å²) in [5, 5.41) is 33.5. The highest BCUT2D eigenvalue weighted by molar-refractivity contribution is 5.76. The van der Waals surface area contributed by atoms with E-state index in [9.17, 15) is 20.1 Å². The number of hydrogen-bond acceptors (Lipinski definition) is 4. The molecule has 0 bridgehead atoms. The van der Waals surface area contributed by atoms with E-state index in [0.29, 0.717) is 6.42 Å². The lowest BCUT2D eigenvalue weighted by Gasteiger charge is -2.21. The maximum atomic E-state index is 12.5. The number of hydrogen-bond donors (Lipinski definition) is 4. The van der Waals surface area contributed by atoms with Crippen molar-refractivity contribution in [3.63, 3.8) is 0 Å². The Morgan fingerprint density at radius 3 is 0.871 bits per heavy atom. The molecule has 0 fully saturated rings. The molecule has 0 aromatic carbocycles. The van der Waals surface area contributed by atoms with E-state index in [2.05, 4.69) is 31.3 Å². The first-order chi connectivity index (χ1) is 34.5. The third kappa shape index (κ3) is 56.1. The number of carbonyl (C=O) groups is 1. The predicted octanol–water partition coefficient (Wildman–Crippen LogP) is 20.4. The highest BCUT2D eigenvalue weighted by atomic mass is 16.3. The summed E-state index contributed by atoms with van der Waals surface area (Å²) < 4.78 is 0. The van der Waals surface area contributed by atoms with Crippen molar-refractivity contribution in [1.29, 1.82) is 0 Å². The van der Waals surface area contributed by atoms with E-state index >= 15 is 0 Å². The quantitative estimate of drug-likeness (QED) is 0.0361. The Bertz CT molecular complexity index is 1040. The van der Waals surface area contributed by atoms with E-state index in [1.54, 1.807) is 6.08 Å². The fourth-order valence-corrected chi connectivity index (χ4v) is 10.3. The van der Waals surface area contributed by atoms with Crippen molar-refractivity contribution in [3.8, 4) is 0 Å². The number of unbranched alkanes of at least 4 members (excludes halogenated alkanes) is 49. The molecule has 4 N–H and O–H groups in total. The van der Waals surface area contributed by atoms with Gasteiger partial charge in [-0.2, -0.15) is 0 Å². The monoisotopic (exact) mass is 986 g/mol. The summed E-state index contributed by atoms with van der Waals surface area (Å²) in [5.74, 6) is -0.309. The summed E-state index contributed by atoms with van der Waals surface area (Å²) in [4.78, 5) is 12.5. The average Bonchev–Trinajstić information content (AvgIpc) is 3.36. The zero-order valence-electron chi connectivity index (χ0n) is 47.7. The molecule has 0 spiro atoms. The van der Waals surface area contributed by atoms with Gasteiger partial charge in [0, 0.05) is 0 Å². The largest absolute Gasteiger partial charge is 0.394 e. The van der Waals surface area contributed by atoms with Gasteiger partial charge in [-0.15, -0.1) is 0 Å². The molecule has 0 heterocycles. The van der Waals surface area contributed by atoms with Gasteiger partial charge in [0.25, 0.3) is 0 Å². The molecular formula is C65H127NO4. The molecule has 0 aliphatic rings. The highest BCUT2D eigenvalue weighted by Gasteiger charge is 2.20. The van der Waals surface area contributed by atoms with Gasteiger partial charge < -0.3 is 20.6 Å². The van der Waals surface area contributed by atoms with Gasteiger partial charge in [0.2, 0.25) is 5.91 Å². The van der Waals surface area contributed by atoms with E-state index in [1.165, 1.54) is 308 Å². The predicted molar refractivity (Wildman–Crippen MR) is 310 cm³/mol. The van der Waals surface area contributed by atoms with E-state index in [1.807, 2.05) is 6.08 Å². The van der Waals surface area contributed by atoms with Gasteiger partial charge in [0.05, 0.1) is 31.3 Å². The van der Waals surface area contributed by atoms with Crippen molar-refractivity contribution in [2.75, 3.05) is 6.61 Å². The van der Waals surface area contributed by atoms with Gasteiger partial charge in [-0.05, 0) is 44.9 Å². The highest BCUT2D eigenvalue weighted by Crippen LogP contribution is 2.18. The normalized spacial score (nSPS) is 13.3. The second kappa shape index (κ2) is 60.4. The molecule has 5 nitrogen and oxygen atoms in total. The summed E-state index contributed by atoms with van der Waals surface area (Å²) in [6.45, 7) is 4.26. The fourth-order valence-electron chi connectivity index (χ4n) is 10.3. The van der Waals surface area contributed by atoms with Crippen LogP contribution >= 0.6 is 0 Å². The summed E-state index contributed by atoms with van der Waals surface area (Å²) >= 11 is 0. The molecule has 0 aromatic rings. The zero-order valence-corrected chi connectivity index (χ0v) is 47.7. The standard InChI is InChI=1S/C65H127NO4/c1-3-5-7-9-11-13-15-17-19-21-23-25-26-27-28-29-30-31-32-33-34-35-36-37-38-39-40-42-44-46-48-50-52-54-56-58-62(68)60-65(70)66-63(61-67)64(69)59-57-55-53-51-49-47-45-43-41-24-22-20-18-16-14-12-10-8-6-4-2/h31-32,57,59,62-64,67-69H,3-30,33-56,58,60-61H2,1-2H3,(H,66,70)/b32-31-,59-57+. The van der Waals surface area contributed by atoms with Crippen molar-refractivity contribution >= 4 is 5.91 Å². The van der Waals surface area contributed by atoms with Crippen LogP contribution in [0.2, 0.25) is 0 Å². The van der Waals surface area contributed by atoms with Crippen LogP contribution in [0.4, 0.5) is 0 Å². The minimum Gasteiger partial charge on any atom is -0.394 e. The molecule has 1 amide bonds. The third-order valence-electron chi connectivity index (χ3n) is 15.2. The molecule has 0 saturated heterocycles. The van der Waals surface area contributed by atoms with Crippen LogP contribution in [0.5, 0.6) is 0 Å². The van der Waals surface area contributed by atoms with Gasteiger partial charge >= 0.3 is 0 Å². The zero-order chi connectivity index (χ0) is 50.7. The molecule has 0 aliphatic heterocycles. The van der Waals surface area contributed by atoms with E-state index in [-0.39, 0.29) is 18.9 Å². The van der Waals surface area contributed by atoms with Crippen LogP contribution in [0.1, 0.15) is 361 Å². The molecular weight excluding hydrogens is 859 g/mol. The topological polar surface area (TPSA) is 89.8 Å². The van der Waals surface area contributed by atoms with Crippen LogP contribution in [0.15, 0.2) is 24.3 Å². The Kier molecular flexibility index (Phi) is 59.4. The van der Waals surface area contributed by atoms with Gasteiger partial charge in [0.1, 0.15) is 0 Å². The first-order valence-corrected chi connectivity index (χ1v) is 32.1. The second-order valence-corrected chi connectivity index (χ2v) is 22.4. The van der Waals surface area contributed by atoms with Crippen molar-refractivity contribution < 1.29 is 20.1 Å². The Balaban J connectivity index is 3.48. The lowest BCUT2D eigenvalue weighted by molar-refractivity contribution is -0.124. The average molecular weight is 987 g/mol. The first kappa shape index (κ1) is 68.8. The van der Waals surface area contributed by atoms with Crippen LogP contribution in [0.25, 0.3) is 0 Å². The van der Waals surface area contributed by atoms with E-state index in [0.717, 1.165) is 25.7 Å². The van der Waals surface area contributed by atoms with Crippen LogP contribution in [-0.2, 0) is 4.79 Å². The van der Waals surface area contributed by atoms with Gasteiger partial charge in [-0.3, -0.25) is 4.79 Å². The summed E-state index contributed by atoms with van der Waals surface area (Å²) in [6, 6.07) is -0.743. The van der Waals surface area contributed by atoms with Crippen molar-refractivity contribution in [2.24, 2.45) is 0 Å². The van der Waals surface area contributed by atoms with Crippen LogP contribution in [-0.4, -0.2) is 46.1 Å². The SMILES string of the molecule is CCCCCCCCCCCCCCCCCC/C=C\CCCCCCCCCCCCCCCCCC(O)CC(=O)NC(CO)C(O)/C=C/CCCCCCCCCCCCCCCCCCCC. The van der Waals surface area contributed by atoms with Crippen molar-refractivity contribution in [2.45, 2.75) is 379 Å². The number of carbonyl (C=O) groups excluding carboxylic acids is 1. The first-order valence-electron chi connectivity index (χ1n) is 32.1. The van der Waals surface area contributed by atoms with Crippen molar-refractivity contribution in [3.05, 3.63) is 24.3 Å². The number of aliphatic hydroxyl groups excluding tert-OH is 3. The molecule has 0 saturated carbocycles. The fraction of sp³-hybridized carbons (Fsp3) is 0.923. The Labute approximate surface area is 439 Å². The summed E-state index contributed by atoms with van der Waals surface area (Å²) in [5.41, 5.74) is 0. The van der Waals surface area contributed by atoms with Crippen LogP contribution in [0.3, 0.4) is 0 Å². The molecule has 0 radical (unpaired) electrons. The lowest BCUT2D eigenvalue weighted by Crippen LogP contribution is -2.45. The minimum atomic E-state index is -0.928. The lowest BCUT2D eigenvalue weighted by atomic mass is 10.0. The maximum absolute atomic E-state index is 12.5. The summed E-state index contributed by atoms with van der Waals surface area (Å²) in [7, 11) is 0. The number of allylic oxidation sites excluding steroid dienone is 3. The van der Waals surface area contributed by atoms with E-state index < -0.39 is 18.2 Å². The number of amides is 1. The maximum Gasteiger partial charge on any atom is 0.222 e. The molecule has 3 atom stereocenters. The molecule has 0 rings (SSSR count). The molecule has 0 aliphatic carbocycles. The number of nitrogens with one attached hydrogen (secondary N) is 1. The Morgan fingerprint density at radius 1 is 0.357 bits per heavy atom. The minimum absolute atomic E-state index is 0.0174. The van der Waals surface area contributed by atoms with Gasteiger partial charge in [0.15, 0.2) is 0 Å². The van der Waals surface area contributed by atoms with Crippen LogP contribution < -0.4 is 5.32 Å². The number of rotatable bonds is 60. The molecule has 416 valence electrons. The van der Waals surface area contributed by atoms with Gasteiger partial charge in [-0.1, -0.05) is 334 Å². The Morgan fingerprint density at radius 2 is 0.600 bits per heavy atom. The van der Waals surface area contributed by atoms with Gasteiger partial charge in [-0.25, -0.2) is 0 Å². The number of aliphatic hydroxyl groups is 3. The molecule has 3 unspecified atom stereocenters. The molecule has 0 aromatic heterocycles. The van der Waals surface area contributed by atoms with Crippen molar-refractivity contribution in [1.82, 2.24) is 5.32 Å². The summed E-state index contributed by atoms with van der Waals surface area (Å²) in [6.07, 6.45) is 78.4. The molecule has 70 heavy (non-hydrogen) atoms. The smallest absolute Gasteiger partial charge is 0.222 e. The molecule has 5 heteroatoms.